The zero-order chi connectivity index (χ0) is 47.5. The largest absolute Gasteiger partial charge is 0.496 e. The number of likely N-dealkylation sites (tertiary alicyclic amines) is 1. The monoisotopic (exact) mass is 953 g/mol. The van der Waals surface area contributed by atoms with Crippen LogP contribution in [-0.2, 0) is 19.8 Å². The molecule has 20 heteroatoms. The van der Waals surface area contributed by atoms with E-state index in [1.807, 2.05) is 41.1 Å². The summed E-state index contributed by atoms with van der Waals surface area (Å²) in [6.45, 7) is 6.37. The molecule has 1 spiro atoms. The summed E-state index contributed by atoms with van der Waals surface area (Å²) in [7, 11) is -2.84. The van der Waals surface area contributed by atoms with Gasteiger partial charge in [-0.2, -0.15) is 12.7 Å². The number of carbonyl (C=O) groups is 4. The molecule has 5 aliphatic heterocycles. The molecular weight excluding hydrogens is 904 g/mol. The minimum absolute atomic E-state index is 0.00277. The Balaban J connectivity index is 0.709. The number of imide groups is 1. The fourth-order valence-corrected chi connectivity index (χ4v) is 11.6. The molecule has 4 N–H and O–H groups in total. The van der Waals surface area contributed by atoms with E-state index in [2.05, 4.69) is 35.3 Å². The molecule has 3 aromatic carbocycles. The summed E-state index contributed by atoms with van der Waals surface area (Å²) in [5.41, 5.74) is 2.90. The molecule has 68 heavy (non-hydrogen) atoms. The zero-order valence-electron chi connectivity index (χ0n) is 37.2. The molecule has 10 rings (SSSR count). The summed E-state index contributed by atoms with van der Waals surface area (Å²) in [4.78, 5) is 65.0. The Labute approximate surface area is 390 Å². The molecular formula is C48H50F3N9O7S. The van der Waals surface area contributed by atoms with Crippen molar-refractivity contribution < 1.29 is 45.5 Å². The number of rotatable bonds is 13. The van der Waals surface area contributed by atoms with Crippen LogP contribution in [0.1, 0.15) is 58.4 Å². The number of anilines is 3. The first-order valence-electron chi connectivity index (χ1n) is 22.7. The smallest absolute Gasteiger partial charge is 0.301 e. The third kappa shape index (κ3) is 8.75. The van der Waals surface area contributed by atoms with Crippen molar-refractivity contribution in [3.05, 3.63) is 101 Å². The van der Waals surface area contributed by atoms with E-state index in [4.69, 9.17) is 4.74 Å². The Bertz CT molecular complexity index is 2930. The minimum Gasteiger partial charge on any atom is -0.496 e. The van der Waals surface area contributed by atoms with Crippen LogP contribution < -0.4 is 29.9 Å². The summed E-state index contributed by atoms with van der Waals surface area (Å²) in [6, 6.07) is 16.2. The number of hydrogen-bond acceptors (Lipinski definition) is 11. The molecule has 3 amide bonds. The van der Waals surface area contributed by atoms with E-state index in [1.165, 1.54) is 13.3 Å². The number of alkyl halides is 1. The highest BCUT2D eigenvalue weighted by Crippen LogP contribution is 2.43. The van der Waals surface area contributed by atoms with Gasteiger partial charge in [-0.25, -0.2) is 18.2 Å². The number of carbonyl (C=O) groups excluding carboxylic acids is 4. The molecule has 356 valence electrons. The van der Waals surface area contributed by atoms with E-state index in [-0.39, 0.29) is 49.2 Å². The van der Waals surface area contributed by atoms with Gasteiger partial charge in [0.1, 0.15) is 29.4 Å². The van der Waals surface area contributed by atoms with Gasteiger partial charge in [0.05, 0.1) is 23.9 Å². The fourth-order valence-electron chi connectivity index (χ4n) is 10.3. The lowest BCUT2D eigenvalue weighted by molar-refractivity contribution is -0.134. The van der Waals surface area contributed by atoms with Gasteiger partial charge >= 0.3 is 10.2 Å². The summed E-state index contributed by atoms with van der Waals surface area (Å²) in [5, 5.41) is 5.32. The van der Waals surface area contributed by atoms with E-state index in [9.17, 15) is 32.0 Å². The van der Waals surface area contributed by atoms with E-state index in [0.717, 1.165) is 92.0 Å². The lowest BCUT2D eigenvalue weighted by Gasteiger charge is -2.61. The molecule has 0 saturated carbocycles. The van der Waals surface area contributed by atoms with Crippen LogP contribution in [0.2, 0.25) is 0 Å². The van der Waals surface area contributed by atoms with Crippen molar-refractivity contribution in [1.29, 1.82) is 0 Å². The molecule has 16 nitrogen and oxygen atoms in total. The molecule has 0 radical (unpaired) electrons. The Hall–Kier alpha value is -6.51. The van der Waals surface area contributed by atoms with Gasteiger partial charge in [0, 0.05) is 117 Å². The van der Waals surface area contributed by atoms with Crippen LogP contribution in [0.3, 0.4) is 0 Å². The molecule has 5 fully saturated rings. The Kier molecular flexibility index (Phi) is 11.9. The maximum Gasteiger partial charge on any atom is 0.301 e. The SMILES string of the molecule is COc1cc(N2CCC(CN3CC4(C3)CN(c3ccc(-c5cnc6[nH]cc(C(=O)c7c(F)ccc(NS(=O)(=O)N8CC[C@@H](F)C8)c7F)c6c5)cc3)C4)CC2)ccc1C(=O)N[C@H]1CCC(=O)NC1=O. The summed E-state index contributed by atoms with van der Waals surface area (Å²) in [5.74, 6) is -3.82. The lowest BCUT2D eigenvalue weighted by Crippen LogP contribution is -2.72. The van der Waals surface area contributed by atoms with Crippen LogP contribution in [-0.4, -0.2) is 129 Å². The molecule has 2 aromatic heterocycles. The highest BCUT2D eigenvalue weighted by atomic mass is 32.2. The number of nitrogens with zero attached hydrogens (tertiary/aromatic N) is 5. The third-order valence-corrected chi connectivity index (χ3v) is 15.5. The van der Waals surface area contributed by atoms with Gasteiger partial charge in [0.2, 0.25) is 17.6 Å². The quantitative estimate of drug-likeness (QED) is 0.0917. The first kappa shape index (κ1) is 45.3. The molecule has 2 atom stereocenters. The Morgan fingerprint density at radius 3 is 2.34 bits per heavy atom. The standard InChI is InChI=1S/C48H50F3N9O7S/c1-67-40-19-33(6-7-34(40)46(63)54-39-10-11-41(61)55-47(39)64)58-15-12-28(13-16-58)22-57-24-48(25-57)26-59(27-48)32-4-2-29(3-5-32)30-18-35-36(21-53-45(35)52-20-30)44(62)42-37(50)8-9-38(43(42)51)56-68(65,66)60-17-14-31(49)23-60/h2-9,18-21,28,31,39,56H,10-17,22-27H2,1H3,(H,52,53)(H,54,63)(H,55,61,64)/t31-,39+/m1/s1. The van der Waals surface area contributed by atoms with Gasteiger partial charge in [0.15, 0.2) is 5.82 Å². The van der Waals surface area contributed by atoms with Gasteiger partial charge in [-0.3, -0.25) is 29.2 Å². The van der Waals surface area contributed by atoms with Crippen LogP contribution in [0, 0.1) is 23.0 Å². The number of piperidine rings is 2. The van der Waals surface area contributed by atoms with E-state index >= 15 is 8.78 Å². The number of hydrogen-bond donors (Lipinski definition) is 4. The predicted molar refractivity (Wildman–Crippen MR) is 248 cm³/mol. The number of ketones is 1. The molecule has 7 heterocycles. The zero-order valence-corrected chi connectivity index (χ0v) is 38.0. The fraction of sp³-hybridized carbons (Fsp3) is 0.396. The topological polar surface area (TPSA) is 189 Å². The highest BCUT2D eigenvalue weighted by molar-refractivity contribution is 7.90. The van der Waals surface area contributed by atoms with Gasteiger partial charge < -0.3 is 29.7 Å². The van der Waals surface area contributed by atoms with Gasteiger partial charge in [0.25, 0.3) is 5.91 Å². The number of aromatic amines is 1. The number of H-pyrrole nitrogens is 1. The minimum atomic E-state index is -4.36. The Morgan fingerprint density at radius 2 is 1.63 bits per heavy atom. The van der Waals surface area contributed by atoms with Crippen molar-refractivity contribution in [2.24, 2.45) is 11.3 Å². The predicted octanol–water partition coefficient (Wildman–Crippen LogP) is 5.02. The highest BCUT2D eigenvalue weighted by Gasteiger charge is 2.52. The summed E-state index contributed by atoms with van der Waals surface area (Å²) >= 11 is 0. The van der Waals surface area contributed by atoms with Crippen molar-refractivity contribution in [3.8, 4) is 16.9 Å². The number of fused-ring (bicyclic) bond motifs is 1. The van der Waals surface area contributed by atoms with Crippen LogP contribution in [0.5, 0.6) is 5.75 Å². The molecule has 0 aliphatic carbocycles. The van der Waals surface area contributed by atoms with Crippen LogP contribution in [0.4, 0.5) is 30.2 Å². The van der Waals surface area contributed by atoms with Crippen LogP contribution >= 0.6 is 0 Å². The number of halogens is 3. The summed E-state index contributed by atoms with van der Waals surface area (Å²) in [6.07, 6.45) is 4.15. The maximum absolute atomic E-state index is 15.8. The first-order valence-corrected chi connectivity index (χ1v) is 24.2. The molecule has 5 aromatic rings. The second kappa shape index (κ2) is 17.9. The second-order valence-corrected chi connectivity index (χ2v) is 20.3. The Morgan fingerprint density at radius 1 is 0.882 bits per heavy atom. The van der Waals surface area contributed by atoms with Crippen molar-refractivity contribution in [1.82, 2.24) is 29.8 Å². The molecule has 0 bridgehead atoms. The van der Waals surface area contributed by atoms with Gasteiger partial charge in [-0.1, -0.05) is 12.1 Å². The number of benzene rings is 3. The van der Waals surface area contributed by atoms with Crippen LogP contribution in [0.25, 0.3) is 22.2 Å². The molecule has 5 aliphatic rings. The number of pyridine rings is 1. The van der Waals surface area contributed by atoms with E-state index in [1.54, 1.807) is 18.3 Å². The molecule has 0 unspecified atom stereocenters. The van der Waals surface area contributed by atoms with E-state index in [0.29, 0.717) is 33.8 Å². The van der Waals surface area contributed by atoms with E-state index < -0.39 is 62.9 Å². The van der Waals surface area contributed by atoms with Gasteiger partial charge in [-0.05, 0) is 79.6 Å². The second-order valence-electron chi connectivity index (χ2n) is 18.7. The number of aromatic nitrogens is 2. The number of amides is 3. The molecule has 5 saturated heterocycles. The average Bonchev–Trinajstić information content (AvgIpc) is 3.95. The normalized spacial score (nSPS) is 21.1. The van der Waals surface area contributed by atoms with Crippen LogP contribution in [0.15, 0.2) is 73.1 Å². The summed E-state index contributed by atoms with van der Waals surface area (Å²) < 4.78 is 78.7. The van der Waals surface area contributed by atoms with Crippen molar-refractivity contribution in [3.63, 3.8) is 0 Å². The third-order valence-electron chi connectivity index (χ3n) is 14.0. The van der Waals surface area contributed by atoms with Crippen molar-refractivity contribution in [2.75, 3.05) is 80.5 Å². The van der Waals surface area contributed by atoms with Crippen molar-refractivity contribution in [2.45, 2.75) is 44.3 Å². The average molecular weight is 954 g/mol. The first-order chi connectivity index (χ1) is 32.7. The number of nitrogens with one attached hydrogen (secondary N) is 4. The lowest BCUT2D eigenvalue weighted by atomic mass is 9.72. The number of methoxy groups -OCH3 is 1. The number of ether oxygens (including phenoxy) is 1. The maximum atomic E-state index is 15.8. The van der Waals surface area contributed by atoms with Gasteiger partial charge in [-0.15, -0.1) is 0 Å². The van der Waals surface area contributed by atoms with Crippen molar-refractivity contribution >= 4 is 61.8 Å².